The van der Waals surface area contributed by atoms with Crippen molar-refractivity contribution in [2.45, 2.75) is 52.1 Å². The van der Waals surface area contributed by atoms with E-state index in [0.29, 0.717) is 19.0 Å². The Morgan fingerprint density at radius 2 is 1.96 bits per heavy atom. The summed E-state index contributed by atoms with van der Waals surface area (Å²) >= 11 is 3.49. The Bertz CT molecular complexity index is 684. The van der Waals surface area contributed by atoms with Crippen LogP contribution in [0.2, 0.25) is 0 Å². The van der Waals surface area contributed by atoms with Crippen LogP contribution in [-0.2, 0) is 9.59 Å². The third kappa shape index (κ3) is 4.29. The summed E-state index contributed by atoms with van der Waals surface area (Å²) in [5.74, 6) is -0.200. The van der Waals surface area contributed by atoms with E-state index < -0.39 is 0 Å². The maximum atomic E-state index is 12.7. The van der Waals surface area contributed by atoms with Crippen molar-refractivity contribution in [3.8, 4) is 0 Å². The average Bonchev–Trinajstić information content (AvgIpc) is 3.00. The number of hydrogen-bond donors (Lipinski definition) is 1. The van der Waals surface area contributed by atoms with Gasteiger partial charge in [0.25, 0.3) is 0 Å². The van der Waals surface area contributed by atoms with Crippen LogP contribution in [0.4, 0.5) is 5.69 Å². The van der Waals surface area contributed by atoms with Crippen molar-refractivity contribution in [1.29, 1.82) is 0 Å². The highest BCUT2D eigenvalue weighted by Gasteiger charge is 2.36. The average molecular weight is 422 g/mol. The fourth-order valence-electron chi connectivity index (χ4n) is 3.81. The Morgan fingerprint density at radius 3 is 2.58 bits per heavy atom. The largest absolute Gasteiger partial charge is 0.353 e. The Balaban J connectivity index is 1.56. The topological polar surface area (TPSA) is 52.7 Å². The van der Waals surface area contributed by atoms with Crippen LogP contribution in [-0.4, -0.2) is 48.4 Å². The lowest BCUT2D eigenvalue weighted by Crippen LogP contribution is -2.48. The second-order valence-electron chi connectivity index (χ2n) is 7.75. The number of carbonyl (C=O) groups is 2. The lowest BCUT2D eigenvalue weighted by molar-refractivity contribution is -0.127. The van der Waals surface area contributed by atoms with Crippen LogP contribution in [0.15, 0.2) is 22.7 Å². The van der Waals surface area contributed by atoms with Gasteiger partial charge in [-0.05, 0) is 57.4 Å². The van der Waals surface area contributed by atoms with Crippen LogP contribution in [0.25, 0.3) is 0 Å². The fraction of sp³-hybridized carbons (Fsp3) is 0.600. The summed E-state index contributed by atoms with van der Waals surface area (Å²) in [4.78, 5) is 29.3. The quantitative estimate of drug-likeness (QED) is 0.812. The Morgan fingerprint density at radius 1 is 1.27 bits per heavy atom. The van der Waals surface area contributed by atoms with E-state index in [0.717, 1.165) is 41.7 Å². The van der Waals surface area contributed by atoms with Gasteiger partial charge in [0, 0.05) is 48.3 Å². The number of amides is 2. The maximum Gasteiger partial charge on any atom is 0.227 e. The lowest BCUT2D eigenvalue weighted by atomic mass is 10.0. The number of likely N-dealkylation sites (tertiary alicyclic amines) is 1. The molecule has 0 aromatic heterocycles. The van der Waals surface area contributed by atoms with E-state index in [1.54, 1.807) is 4.90 Å². The fourth-order valence-corrected chi connectivity index (χ4v) is 4.06. The smallest absolute Gasteiger partial charge is 0.227 e. The molecule has 3 rings (SSSR count). The first kappa shape index (κ1) is 19.4. The number of hydrogen-bond acceptors (Lipinski definition) is 3. The third-order valence-corrected chi connectivity index (χ3v) is 6.45. The zero-order valence-corrected chi connectivity index (χ0v) is 17.4. The highest BCUT2D eigenvalue weighted by atomic mass is 79.9. The summed E-state index contributed by atoms with van der Waals surface area (Å²) < 4.78 is 1.02. The molecule has 2 aliphatic rings. The Hall–Kier alpha value is -1.40. The molecule has 26 heavy (non-hydrogen) atoms. The number of nitrogens with one attached hydrogen (secondary N) is 1. The van der Waals surface area contributed by atoms with Crippen molar-refractivity contribution in [2.24, 2.45) is 5.92 Å². The van der Waals surface area contributed by atoms with Crippen LogP contribution in [0, 0.1) is 12.8 Å². The second-order valence-corrected chi connectivity index (χ2v) is 8.61. The van der Waals surface area contributed by atoms with Gasteiger partial charge < -0.3 is 15.1 Å². The molecule has 142 valence electrons. The van der Waals surface area contributed by atoms with E-state index >= 15 is 0 Å². The van der Waals surface area contributed by atoms with Crippen LogP contribution < -0.4 is 10.2 Å². The molecule has 0 saturated carbocycles. The molecular weight excluding hydrogens is 394 g/mol. The molecule has 0 radical (unpaired) electrons. The standard InChI is InChI=1S/C20H28BrN3O2/c1-13(2)23-8-6-16(7-9-23)22-20(26)15-11-19(25)24(12-15)17-4-5-18(21)14(3)10-17/h4-5,10,13,15-16H,6-9,11-12H2,1-3H3,(H,22,26)/t15-/m0/s1. The van der Waals surface area contributed by atoms with Gasteiger partial charge in [0.1, 0.15) is 0 Å². The minimum atomic E-state index is -0.255. The van der Waals surface area contributed by atoms with E-state index in [4.69, 9.17) is 0 Å². The molecule has 0 unspecified atom stereocenters. The molecule has 5 nitrogen and oxygen atoms in total. The van der Waals surface area contributed by atoms with Gasteiger partial charge >= 0.3 is 0 Å². The minimum absolute atomic E-state index is 0.0256. The first-order chi connectivity index (χ1) is 12.3. The first-order valence-electron chi connectivity index (χ1n) is 9.46. The van der Waals surface area contributed by atoms with Crippen LogP contribution in [0.5, 0.6) is 0 Å². The summed E-state index contributed by atoms with van der Waals surface area (Å²) in [7, 11) is 0. The van der Waals surface area contributed by atoms with Gasteiger partial charge in [0.15, 0.2) is 0 Å². The van der Waals surface area contributed by atoms with E-state index in [-0.39, 0.29) is 23.8 Å². The minimum Gasteiger partial charge on any atom is -0.353 e. The number of piperidine rings is 1. The SMILES string of the molecule is Cc1cc(N2C[C@@H](C(=O)NC3CCN(C(C)C)CC3)CC2=O)ccc1Br. The molecule has 0 bridgehead atoms. The molecule has 2 amide bonds. The van der Waals surface area contributed by atoms with Crippen molar-refractivity contribution in [3.05, 3.63) is 28.2 Å². The molecule has 2 heterocycles. The van der Waals surface area contributed by atoms with Gasteiger partial charge in [0.05, 0.1) is 5.92 Å². The number of anilines is 1. The summed E-state index contributed by atoms with van der Waals surface area (Å²) in [5.41, 5.74) is 1.95. The predicted molar refractivity (Wildman–Crippen MR) is 107 cm³/mol. The molecule has 1 atom stereocenters. The Labute approximate surface area is 164 Å². The predicted octanol–water partition coefficient (Wildman–Crippen LogP) is 3.10. The zero-order valence-electron chi connectivity index (χ0n) is 15.8. The number of halogens is 1. The third-order valence-electron chi connectivity index (χ3n) is 5.56. The van der Waals surface area contributed by atoms with Gasteiger partial charge in [-0.3, -0.25) is 9.59 Å². The second kappa shape index (κ2) is 8.09. The van der Waals surface area contributed by atoms with Crippen molar-refractivity contribution in [1.82, 2.24) is 10.2 Å². The van der Waals surface area contributed by atoms with Crippen molar-refractivity contribution in [3.63, 3.8) is 0 Å². The molecule has 1 aromatic rings. The number of benzene rings is 1. The van der Waals surface area contributed by atoms with E-state index in [9.17, 15) is 9.59 Å². The summed E-state index contributed by atoms with van der Waals surface area (Å²) in [6.45, 7) is 8.94. The number of nitrogens with zero attached hydrogens (tertiary/aromatic N) is 2. The molecule has 0 spiro atoms. The van der Waals surface area contributed by atoms with Gasteiger partial charge in [-0.2, -0.15) is 0 Å². The molecular formula is C20H28BrN3O2. The summed E-state index contributed by atoms with van der Waals surface area (Å²) in [6, 6.07) is 6.66. The molecule has 6 heteroatoms. The molecule has 1 aromatic carbocycles. The summed E-state index contributed by atoms with van der Waals surface area (Å²) in [6.07, 6.45) is 2.27. The lowest BCUT2D eigenvalue weighted by Gasteiger charge is -2.35. The van der Waals surface area contributed by atoms with Gasteiger partial charge in [0.2, 0.25) is 11.8 Å². The van der Waals surface area contributed by atoms with Crippen LogP contribution in [0.1, 0.15) is 38.7 Å². The molecule has 2 fully saturated rings. The van der Waals surface area contributed by atoms with Crippen molar-refractivity contribution in [2.75, 3.05) is 24.5 Å². The maximum absolute atomic E-state index is 12.7. The molecule has 1 N–H and O–H groups in total. The zero-order chi connectivity index (χ0) is 18.8. The van der Waals surface area contributed by atoms with Crippen molar-refractivity contribution < 1.29 is 9.59 Å². The van der Waals surface area contributed by atoms with Crippen LogP contribution in [0.3, 0.4) is 0 Å². The first-order valence-corrected chi connectivity index (χ1v) is 10.3. The molecule has 2 aliphatic heterocycles. The highest BCUT2D eigenvalue weighted by molar-refractivity contribution is 9.10. The van der Waals surface area contributed by atoms with Crippen LogP contribution >= 0.6 is 15.9 Å². The van der Waals surface area contributed by atoms with E-state index in [2.05, 4.69) is 40.0 Å². The van der Waals surface area contributed by atoms with Crippen molar-refractivity contribution >= 4 is 33.4 Å². The normalized spacial score (nSPS) is 22.3. The number of rotatable bonds is 4. The van der Waals surface area contributed by atoms with E-state index in [1.165, 1.54) is 0 Å². The van der Waals surface area contributed by atoms with Gasteiger partial charge in [-0.1, -0.05) is 15.9 Å². The van der Waals surface area contributed by atoms with Gasteiger partial charge in [-0.15, -0.1) is 0 Å². The number of carbonyl (C=O) groups excluding carboxylic acids is 2. The monoisotopic (exact) mass is 421 g/mol. The molecule has 0 aliphatic carbocycles. The van der Waals surface area contributed by atoms with Gasteiger partial charge in [-0.25, -0.2) is 0 Å². The van der Waals surface area contributed by atoms with E-state index in [1.807, 2.05) is 25.1 Å². The molecule has 2 saturated heterocycles. The highest BCUT2D eigenvalue weighted by Crippen LogP contribution is 2.29. The summed E-state index contributed by atoms with van der Waals surface area (Å²) in [5, 5.41) is 3.18. The Kier molecular flexibility index (Phi) is 6.03. The number of aryl methyl sites for hydroxylation is 1.